The van der Waals surface area contributed by atoms with Gasteiger partial charge in [-0.25, -0.2) is 4.39 Å². The number of ether oxygens (including phenoxy) is 1. The standard InChI is InChI=1S/C15H22FNO2/c1-17-10-12-9-13(16)5-6-14(12)19-11-15(18)7-3-2-4-8-15/h5-6,9,17-18H,2-4,7-8,10-11H2,1H3. The van der Waals surface area contributed by atoms with Crippen LogP contribution in [0.1, 0.15) is 37.7 Å². The van der Waals surface area contributed by atoms with E-state index in [4.69, 9.17) is 4.74 Å². The van der Waals surface area contributed by atoms with Crippen molar-refractivity contribution in [3.05, 3.63) is 29.6 Å². The highest BCUT2D eigenvalue weighted by Gasteiger charge is 2.30. The first kappa shape index (κ1) is 14.3. The highest BCUT2D eigenvalue weighted by Crippen LogP contribution is 2.29. The molecule has 0 heterocycles. The summed E-state index contributed by atoms with van der Waals surface area (Å²) in [5.74, 6) is 0.378. The van der Waals surface area contributed by atoms with Gasteiger partial charge in [0.25, 0.3) is 0 Å². The predicted octanol–water partition coefficient (Wildman–Crippen LogP) is 2.62. The average Bonchev–Trinajstić information content (AvgIpc) is 2.39. The van der Waals surface area contributed by atoms with Crippen molar-refractivity contribution in [2.75, 3.05) is 13.7 Å². The molecule has 0 aliphatic heterocycles. The molecule has 0 unspecified atom stereocenters. The van der Waals surface area contributed by atoms with Crippen molar-refractivity contribution in [3.8, 4) is 5.75 Å². The average molecular weight is 267 g/mol. The Bertz CT molecular complexity index is 417. The number of hydrogen-bond acceptors (Lipinski definition) is 3. The molecule has 0 amide bonds. The van der Waals surface area contributed by atoms with Crippen molar-refractivity contribution in [2.24, 2.45) is 0 Å². The second-order valence-corrected chi connectivity index (χ2v) is 5.36. The van der Waals surface area contributed by atoms with Gasteiger partial charge in [-0.3, -0.25) is 0 Å². The lowest BCUT2D eigenvalue weighted by Gasteiger charge is -2.32. The molecular formula is C15H22FNO2. The molecule has 2 rings (SSSR count). The molecule has 0 atom stereocenters. The molecule has 2 N–H and O–H groups in total. The van der Waals surface area contributed by atoms with Crippen LogP contribution in [0.15, 0.2) is 18.2 Å². The minimum atomic E-state index is -0.719. The summed E-state index contributed by atoms with van der Waals surface area (Å²) in [6.45, 7) is 0.834. The first-order chi connectivity index (χ1) is 9.13. The first-order valence-electron chi connectivity index (χ1n) is 6.91. The van der Waals surface area contributed by atoms with E-state index in [0.717, 1.165) is 31.2 Å². The Morgan fingerprint density at radius 3 is 2.74 bits per heavy atom. The molecule has 0 radical (unpaired) electrons. The molecule has 0 aromatic heterocycles. The van der Waals surface area contributed by atoms with E-state index in [1.165, 1.54) is 18.6 Å². The van der Waals surface area contributed by atoms with E-state index in [2.05, 4.69) is 5.32 Å². The smallest absolute Gasteiger partial charge is 0.124 e. The summed E-state index contributed by atoms with van der Waals surface area (Å²) in [5.41, 5.74) is 0.0608. The van der Waals surface area contributed by atoms with Crippen LogP contribution in [-0.4, -0.2) is 24.4 Å². The maximum absolute atomic E-state index is 13.2. The molecule has 1 aliphatic carbocycles. The Morgan fingerprint density at radius 1 is 1.32 bits per heavy atom. The van der Waals surface area contributed by atoms with Crippen molar-refractivity contribution >= 4 is 0 Å². The molecule has 0 saturated heterocycles. The van der Waals surface area contributed by atoms with E-state index in [1.54, 1.807) is 6.07 Å². The molecule has 1 aliphatic rings. The fraction of sp³-hybridized carbons (Fsp3) is 0.600. The van der Waals surface area contributed by atoms with E-state index in [-0.39, 0.29) is 12.4 Å². The van der Waals surface area contributed by atoms with E-state index in [1.807, 2.05) is 7.05 Å². The summed E-state index contributed by atoms with van der Waals surface area (Å²) in [4.78, 5) is 0. The topological polar surface area (TPSA) is 41.5 Å². The molecule has 3 nitrogen and oxygen atoms in total. The summed E-state index contributed by atoms with van der Waals surface area (Å²) in [7, 11) is 1.81. The third-order valence-corrected chi connectivity index (χ3v) is 3.67. The monoisotopic (exact) mass is 267 g/mol. The highest BCUT2D eigenvalue weighted by atomic mass is 19.1. The molecule has 1 aromatic carbocycles. The minimum Gasteiger partial charge on any atom is -0.490 e. The van der Waals surface area contributed by atoms with E-state index in [9.17, 15) is 9.50 Å². The summed E-state index contributed by atoms with van der Waals surface area (Å²) in [6.07, 6.45) is 4.86. The first-order valence-corrected chi connectivity index (χ1v) is 6.91. The Kier molecular flexibility index (Phi) is 4.77. The van der Waals surface area contributed by atoms with Crippen LogP contribution in [-0.2, 0) is 6.54 Å². The fourth-order valence-corrected chi connectivity index (χ4v) is 2.58. The van der Waals surface area contributed by atoms with Crippen LogP contribution in [0.2, 0.25) is 0 Å². The summed E-state index contributed by atoms with van der Waals surface area (Å²) < 4.78 is 18.9. The SMILES string of the molecule is CNCc1cc(F)ccc1OCC1(O)CCCCC1. The zero-order chi connectivity index (χ0) is 13.7. The van der Waals surface area contributed by atoms with Crippen LogP contribution < -0.4 is 10.1 Å². The Labute approximate surface area is 113 Å². The van der Waals surface area contributed by atoms with Crippen molar-refractivity contribution in [3.63, 3.8) is 0 Å². The van der Waals surface area contributed by atoms with Gasteiger partial charge < -0.3 is 15.2 Å². The zero-order valence-corrected chi connectivity index (χ0v) is 11.4. The number of aliphatic hydroxyl groups is 1. The maximum Gasteiger partial charge on any atom is 0.124 e. The van der Waals surface area contributed by atoms with Gasteiger partial charge in [-0.2, -0.15) is 0 Å². The molecule has 19 heavy (non-hydrogen) atoms. The van der Waals surface area contributed by atoms with Gasteiger partial charge in [0.1, 0.15) is 18.2 Å². The fourth-order valence-electron chi connectivity index (χ4n) is 2.58. The molecule has 1 aromatic rings. The van der Waals surface area contributed by atoms with Gasteiger partial charge in [-0.1, -0.05) is 19.3 Å². The molecule has 0 spiro atoms. The largest absolute Gasteiger partial charge is 0.490 e. The van der Waals surface area contributed by atoms with Crippen LogP contribution >= 0.6 is 0 Å². The lowest BCUT2D eigenvalue weighted by Crippen LogP contribution is -2.38. The van der Waals surface area contributed by atoms with Gasteiger partial charge in [0.05, 0.1) is 5.60 Å². The summed E-state index contributed by atoms with van der Waals surface area (Å²) >= 11 is 0. The molecule has 106 valence electrons. The predicted molar refractivity (Wildman–Crippen MR) is 72.7 cm³/mol. The molecular weight excluding hydrogens is 245 g/mol. The normalized spacial score (nSPS) is 18.3. The van der Waals surface area contributed by atoms with Crippen LogP contribution in [0.3, 0.4) is 0 Å². The molecule has 4 heteroatoms. The zero-order valence-electron chi connectivity index (χ0n) is 11.4. The number of benzene rings is 1. The third kappa shape index (κ3) is 3.91. The van der Waals surface area contributed by atoms with Gasteiger partial charge in [-0.15, -0.1) is 0 Å². The van der Waals surface area contributed by atoms with Gasteiger partial charge in [0.15, 0.2) is 0 Å². The number of hydrogen-bond donors (Lipinski definition) is 2. The Hall–Kier alpha value is -1.13. The van der Waals surface area contributed by atoms with E-state index in [0.29, 0.717) is 12.3 Å². The highest BCUT2D eigenvalue weighted by molar-refractivity contribution is 5.34. The van der Waals surface area contributed by atoms with Gasteiger partial charge >= 0.3 is 0 Å². The minimum absolute atomic E-state index is 0.269. The van der Waals surface area contributed by atoms with Gasteiger partial charge in [0, 0.05) is 12.1 Å². The molecule has 0 bridgehead atoms. The van der Waals surface area contributed by atoms with Gasteiger partial charge in [-0.05, 0) is 38.1 Å². The second-order valence-electron chi connectivity index (χ2n) is 5.36. The van der Waals surface area contributed by atoms with Crippen molar-refractivity contribution in [1.82, 2.24) is 5.32 Å². The Morgan fingerprint density at radius 2 is 2.05 bits per heavy atom. The number of rotatable bonds is 5. The second kappa shape index (κ2) is 6.35. The quantitative estimate of drug-likeness (QED) is 0.861. The number of nitrogens with one attached hydrogen (secondary N) is 1. The maximum atomic E-state index is 13.2. The third-order valence-electron chi connectivity index (χ3n) is 3.67. The van der Waals surface area contributed by atoms with Crippen molar-refractivity contribution < 1.29 is 14.2 Å². The molecule has 1 fully saturated rings. The van der Waals surface area contributed by atoms with E-state index < -0.39 is 5.60 Å². The van der Waals surface area contributed by atoms with Gasteiger partial charge in [0.2, 0.25) is 0 Å². The Balaban J connectivity index is 2.02. The van der Waals surface area contributed by atoms with Crippen molar-refractivity contribution in [1.29, 1.82) is 0 Å². The lowest BCUT2D eigenvalue weighted by molar-refractivity contribution is -0.0341. The van der Waals surface area contributed by atoms with Crippen LogP contribution in [0.4, 0.5) is 4.39 Å². The summed E-state index contributed by atoms with van der Waals surface area (Å²) in [5, 5.41) is 13.4. The van der Waals surface area contributed by atoms with E-state index >= 15 is 0 Å². The van der Waals surface area contributed by atoms with Crippen LogP contribution in [0.5, 0.6) is 5.75 Å². The van der Waals surface area contributed by atoms with Crippen molar-refractivity contribution in [2.45, 2.75) is 44.2 Å². The van der Waals surface area contributed by atoms with Crippen LogP contribution in [0, 0.1) is 5.82 Å². The van der Waals surface area contributed by atoms with Crippen LogP contribution in [0.25, 0.3) is 0 Å². The lowest BCUT2D eigenvalue weighted by atomic mass is 9.85. The number of halogens is 1. The molecule has 1 saturated carbocycles. The summed E-state index contributed by atoms with van der Waals surface area (Å²) in [6, 6.07) is 4.49.